The number of benzene rings is 1. The van der Waals surface area contributed by atoms with Gasteiger partial charge in [0, 0.05) is 10.4 Å². The highest BCUT2D eigenvalue weighted by Crippen LogP contribution is 2.39. The van der Waals surface area contributed by atoms with Crippen LogP contribution in [0.2, 0.25) is 0 Å². The first-order chi connectivity index (χ1) is 13.5. The number of ether oxygens (including phenoxy) is 2. The van der Waals surface area contributed by atoms with Crippen molar-refractivity contribution < 1.29 is 19.1 Å². The quantitative estimate of drug-likeness (QED) is 0.611. The fourth-order valence-corrected chi connectivity index (χ4v) is 5.25. The SMILES string of the molecule is CCOc1c(Br)cc(C(=O)Nc2sc3c(c2C(N)=O)CCCCC3)cc1OC. The summed E-state index contributed by atoms with van der Waals surface area (Å²) in [6, 6.07) is 3.29. The van der Waals surface area contributed by atoms with Crippen LogP contribution in [0.25, 0.3) is 0 Å². The van der Waals surface area contributed by atoms with Gasteiger partial charge in [-0.2, -0.15) is 0 Å². The molecule has 0 saturated carbocycles. The highest BCUT2D eigenvalue weighted by atomic mass is 79.9. The smallest absolute Gasteiger partial charge is 0.256 e. The number of thiophene rings is 1. The van der Waals surface area contributed by atoms with Gasteiger partial charge in [0.1, 0.15) is 5.00 Å². The number of aryl methyl sites for hydroxylation is 1. The van der Waals surface area contributed by atoms with Gasteiger partial charge in [0.25, 0.3) is 11.8 Å². The maximum Gasteiger partial charge on any atom is 0.256 e. The molecule has 2 amide bonds. The fourth-order valence-electron chi connectivity index (χ4n) is 3.40. The van der Waals surface area contributed by atoms with Gasteiger partial charge in [0.05, 0.1) is 23.8 Å². The monoisotopic (exact) mass is 466 g/mol. The molecule has 0 atom stereocenters. The molecule has 0 bridgehead atoms. The molecule has 1 aliphatic rings. The molecule has 28 heavy (non-hydrogen) atoms. The minimum absolute atomic E-state index is 0.332. The number of primary amides is 1. The van der Waals surface area contributed by atoms with Gasteiger partial charge in [-0.05, 0) is 66.2 Å². The molecule has 1 aromatic carbocycles. The number of carbonyl (C=O) groups is 2. The summed E-state index contributed by atoms with van der Waals surface area (Å²) in [7, 11) is 1.52. The second-order valence-electron chi connectivity index (χ2n) is 6.51. The van der Waals surface area contributed by atoms with Crippen LogP contribution in [0.5, 0.6) is 11.5 Å². The molecule has 0 aliphatic heterocycles. The highest BCUT2D eigenvalue weighted by molar-refractivity contribution is 9.10. The third kappa shape index (κ3) is 4.17. The third-order valence-electron chi connectivity index (χ3n) is 4.68. The van der Waals surface area contributed by atoms with Crippen molar-refractivity contribution in [3.05, 3.63) is 38.2 Å². The predicted octanol–water partition coefficient (Wildman–Crippen LogP) is 4.54. The van der Waals surface area contributed by atoms with Gasteiger partial charge in [-0.15, -0.1) is 11.3 Å². The molecule has 0 spiro atoms. The molecule has 150 valence electrons. The van der Waals surface area contributed by atoms with Crippen LogP contribution < -0.4 is 20.5 Å². The lowest BCUT2D eigenvalue weighted by Crippen LogP contribution is -2.18. The van der Waals surface area contributed by atoms with E-state index < -0.39 is 5.91 Å². The maximum absolute atomic E-state index is 12.9. The second kappa shape index (κ2) is 8.96. The lowest BCUT2D eigenvalue weighted by Gasteiger charge is -2.13. The zero-order valence-corrected chi connectivity index (χ0v) is 18.3. The van der Waals surface area contributed by atoms with E-state index in [2.05, 4.69) is 21.2 Å². The van der Waals surface area contributed by atoms with Crippen molar-refractivity contribution in [2.24, 2.45) is 5.73 Å². The normalized spacial score (nSPS) is 13.4. The van der Waals surface area contributed by atoms with E-state index in [0.717, 1.165) is 42.5 Å². The first kappa shape index (κ1) is 20.7. The average molecular weight is 467 g/mol. The van der Waals surface area contributed by atoms with Crippen LogP contribution >= 0.6 is 27.3 Å². The average Bonchev–Trinajstić information content (AvgIpc) is 2.84. The number of amides is 2. The van der Waals surface area contributed by atoms with E-state index in [4.69, 9.17) is 15.2 Å². The largest absolute Gasteiger partial charge is 0.493 e. The third-order valence-corrected chi connectivity index (χ3v) is 6.47. The van der Waals surface area contributed by atoms with Crippen molar-refractivity contribution in [3.63, 3.8) is 0 Å². The Balaban J connectivity index is 1.93. The molecule has 1 aromatic heterocycles. The van der Waals surface area contributed by atoms with Crippen LogP contribution in [0.1, 0.15) is 57.3 Å². The Morgan fingerprint density at radius 1 is 1.25 bits per heavy atom. The minimum atomic E-state index is -0.500. The van der Waals surface area contributed by atoms with Gasteiger partial charge < -0.3 is 20.5 Å². The molecule has 1 aliphatic carbocycles. The first-order valence-electron chi connectivity index (χ1n) is 9.22. The number of carbonyl (C=O) groups excluding carboxylic acids is 2. The van der Waals surface area contributed by atoms with Crippen LogP contribution in [-0.4, -0.2) is 25.5 Å². The van der Waals surface area contributed by atoms with Crippen LogP contribution in [0, 0.1) is 0 Å². The van der Waals surface area contributed by atoms with Crippen molar-refractivity contribution >= 4 is 44.1 Å². The van der Waals surface area contributed by atoms with Crippen LogP contribution in [0.4, 0.5) is 5.00 Å². The number of fused-ring (bicyclic) bond motifs is 1. The fraction of sp³-hybridized carbons (Fsp3) is 0.400. The van der Waals surface area contributed by atoms with Gasteiger partial charge in [0.15, 0.2) is 11.5 Å². The summed E-state index contributed by atoms with van der Waals surface area (Å²) in [5.74, 6) is 0.168. The van der Waals surface area contributed by atoms with E-state index in [1.807, 2.05) is 6.92 Å². The van der Waals surface area contributed by atoms with Crippen molar-refractivity contribution in [1.29, 1.82) is 0 Å². The first-order valence-corrected chi connectivity index (χ1v) is 10.8. The molecule has 0 unspecified atom stereocenters. The predicted molar refractivity (Wildman–Crippen MR) is 114 cm³/mol. The Morgan fingerprint density at radius 2 is 2.00 bits per heavy atom. The zero-order valence-electron chi connectivity index (χ0n) is 15.9. The molecular formula is C20H23BrN2O4S. The Hall–Kier alpha value is -2.06. The Morgan fingerprint density at radius 3 is 2.68 bits per heavy atom. The molecular weight excluding hydrogens is 444 g/mol. The lowest BCUT2D eigenvalue weighted by molar-refractivity contribution is 0.100. The van der Waals surface area contributed by atoms with Gasteiger partial charge in [-0.3, -0.25) is 9.59 Å². The number of hydrogen-bond acceptors (Lipinski definition) is 5. The lowest BCUT2D eigenvalue weighted by atomic mass is 10.1. The van der Waals surface area contributed by atoms with Gasteiger partial charge in [0.2, 0.25) is 0 Å². The van der Waals surface area contributed by atoms with E-state index in [0.29, 0.717) is 38.7 Å². The number of halogens is 1. The summed E-state index contributed by atoms with van der Waals surface area (Å²) in [4.78, 5) is 26.1. The summed E-state index contributed by atoms with van der Waals surface area (Å²) >= 11 is 4.88. The number of rotatable bonds is 6. The van der Waals surface area contributed by atoms with E-state index in [1.165, 1.54) is 18.4 Å². The summed E-state index contributed by atoms with van der Waals surface area (Å²) in [6.07, 6.45) is 4.99. The minimum Gasteiger partial charge on any atom is -0.493 e. The molecule has 1 heterocycles. The number of hydrogen-bond donors (Lipinski definition) is 2. The van der Waals surface area contributed by atoms with Crippen molar-refractivity contribution in [2.75, 3.05) is 19.0 Å². The molecule has 3 N–H and O–H groups in total. The molecule has 2 aromatic rings. The van der Waals surface area contributed by atoms with Crippen LogP contribution in [0.3, 0.4) is 0 Å². The summed E-state index contributed by atoms with van der Waals surface area (Å²) < 4.78 is 11.5. The Labute approximate surface area is 176 Å². The molecule has 3 rings (SSSR count). The maximum atomic E-state index is 12.9. The van der Waals surface area contributed by atoms with Gasteiger partial charge in [-0.1, -0.05) is 6.42 Å². The zero-order chi connectivity index (χ0) is 20.3. The second-order valence-corrected chi connectivity index (χ2v) is 8.47. The van der Waals surface area contributed by atoms with Gasteiger partial charge >= 0.3 is 0 Å². The van der Waals surface area contributed by atoms with Crippen LogP contribution in [-0.2, 0) is 12.8 Å². The number of nitrogens with one attached hydrogen (secondary N) is 1. The standard InChI is InChI=1S/C20H23BrN2O4S/c1-3-27-17-13(21)9-11(10-14(17)26-2)19(25)23-20-16(18(22)24)12-7-5-4-6-8-15(12)28-20/h9-10H,3-8H2,1-2H3,(H2,22,24)(H,23,25). The Kier molecular flexibility index (Phi) is 6.61. The van der Waals surface area contributed by atoms with Crippen molar-refractivity contribution in [1.82, 2.24) is 0 Å². The molecule has 8 heteroatoms. The van der Waals surface area contributed by atoms with Crippen molar-refractivity contribution in [2.45, 2.75) is 39.0 Å². The van der Waals surface area contributed by atoms with E-state index in [9.17, 15) is 9.59 Å². The molecule has 0 fully saturated rings. The van der Waals surface area contributed by atoms with E-state index >= 15 is 0 Å². The molecule has 6 nitrogen and oxygen atoms in total. The Bertz CT molecular complexity index is 910. The number of nitrogens with two attached hydrogens (primary N) is 1. The molecule has 0 saturated heterocycles. The summed E-state index contributed by atoms with van der Waals surface area (Å²) in [5, 5.41) is 3.40. The van der Waals surface area contributed by atoms with E-state index in [1.54, 1.807) is 12.1 Å². The van der Waals surface area contributed by atoms with Crippen LogP contribution in [0.15, 0.2) is 16.6 Å². The summed E-state index contributed by atoms with van der Waals surface area (Å²) in [5.41, 5.74) is 7.49. The molecule has 0 radical (unpaired) electrons. The topological polar surface area (TPSA) is 90.6 Å². The number of anilines is 1. The van der Waals surface area contributed by atoms with Gasteiger partial charge in [-0.25, -0.2) is 0 Å². The summed E-state index contributed by atoms with van der Waals surface area (Å²) in [6.45, 7) is 2.35. The van der Waals surface area contributed by atoms with E-state index in [-0.39, 0.29) is 5.91 Å². The van der Waals surface area contributed by atoms with Crippen molar-refractivity contribution in [3.8, 4) is 11.5 Å². The number of methoxy groups -OCH3 is 1. The highest BCUT2D eigenvalue weighted by Gasteiger charge is 2.25.